The van der Waals surface area contributed by atoms with Gasteiger partial charge in [-0.2, -0.15) is 0 Å². The Balaban J connectivity index is 1.64. The van der Waals surface area contributed by atoms with Crippen LogP contribution in [0.2, 0.25) is 0 Å². The maximum atomic E-state index is 12.9. The van der Waals surface area contributed by atoms with Crippen LogP contribution in [0.3, 0.4) is 0 Å². The highest BCUT2D eigenvalue weighted by atomic mass is 16.7. The van der Waals surface area contributed by atoms with E-state index in [0.29, 0.717) is 32.5 Å². The number of nitrogens with one attached hydrogen (secondary N) is 2. The van der Waals surface area contributed by atoms with Gasteiger partial charge in [0.25, 0.3) is 0 Å². The molecule has 1 aliphatic carbocycles. The lowest BCUT2D eigenvalue weighted by atomic mass is 9.76. The van der Waals surface area contributed by atoms with Gasteiger partial charge < -0.3 is 29.6 Å². The number of ether oxygens (including phenoxy) is 4. The molecular formula is C27H40N2O7. The van der Waals surface area contributed by atoms with Crippen LogP contribution in [0.15, 0.2) is 30.3 Å². The molecule has 200 valence electrons. The Morgan fingerprint density at radius 3 is 2.42 bits per heavy atom. The molecule has 1 aliphatic heterocycles. The van der Waals surface area contributed by atoms with Crippen molar-refractivity contribution in [3.8, 4) is 0 Å². The molecule has 9 heteroatoms. The van der Waals surface area contributed by atoms with Gasteiger partial charge in [-0.15, -0.1) is 0 Å². The van der Waals surface area contributed by atoms with Gasteiger partial charge in [0.15, 0.2) is 5.79 Å². The van der Waals surface area contributed by atoms with Crippen LogP contribution in [0.25, 0.3) is 0 Å². The predicted molar refractivity (Wildman–Crippen MR) is 133 cm³/mol. The van der Waals surface area contributed by atoms with Crippen LogP contribution in [-0.4, -0.2) is 61.8 Å². The maximum Gasteiger partial charge on any atom is 0.408 e. The molecule has 0 aromatic heterocycles. The minimum absolute atomic E-state index is 0.0945. The fourth-order valence-electron chi connectivity index (χ4n) is 4.98. The lowest BCUT2D eigenvalue weighted by molar-refractivity contribution is -0.317. The molecule has 9 nitrogen and oxygen atoms in total. The number of benzene rings is 1. The average Bonchev–Trinajstić information content (AvgIpc) is 2.84. The summed E-state index contributed by atoms with van der Waals surface area (Å²) in [6, 6.07) is 8.34. The summed E-state index contributed by atoms with van der Waals surface area (Å²) >= 11 is 0. The normalized spacial score (nSPS) is 22.3. The number of methoxy groups -OCH3 is 1. The zero-order valence-electron chi connectivity index (χ0n) is 21.8. The van der Waals surface area contributed by atoms with Gasteiger partial charge in [0, 0.05) is 18.8 Å². The zero-order chi connectivity index (χ0) is 26.2. The van der Waals surface area contributed by atoms with Crippen LogP contribution in [0.1, 0.15) is 64.9 Å². The summed E-state index contributed by atoms with van der Waals surface area (Å²) < 4.78 is 22.8. The van der Waals surface area contributed by atoms with Crippen molar-refractivity contribution in [2.24, 2.45) is 5.92 Å². The van der Waals surface area contributed by atoms with Crippen LogP contribution < -0.4 is 10.6 Å². The van der Waals surface area contributed by atoms with Gasteiger partial charge in [-0.05, 0) is 52.0 Å². The Hall–Kier alpha value is -2.65. The highest BCUT2D eigenvalue weighted by Gasteiger charge is 2.52. The Bertz CT molecular complexity index is 878. The number of rotatable bonds is 8. The van der Waals surface area contributed by atoms with Crippen LogP contribution in [-0.2, 0) is 35.0 Å². The number of carbonyl (C=O) groups is 3. The third-order valence-electron chi connectivity index (χ3n) is 6.56. The van der Waals surface area contributed by atoms with E-state index >= 15 is 0 Å². The molecule has 1 spiro atoms. The zero-order valence-corrected chi connectivity index (χ0v) is 21.8. The summed E-state index contributed by atoms with van der Waals surface area (Å²) in [6.07, 6.45) is 3.67. The first-order chi connectivity index (χ1) is 17.1. The number of carbonyl (C=O) groups excluding carboxylic acids is 3. The molecule has 0 unspecified atom stereocenters. The number of esters is 1. The minimum Gasteiger partial charge on any atom is -0.467 e. The van der Waals surface area contributed by atoms with E-state index in [0.717, 1.165) is 24.8 Å². The Morgan fingerprint density at radius 2 is 1.78 bits per heavy atom. The van der Waals surface area contributed by atoms with Crippen molar-refractivity contribution >= 4 is 18.0 Å². The highest BCUT2D eigenvalue weighted by Crippen LogP contribution is 2.42. The van der Waals surface area contributed by atoms with E-state index < -0.39 is 29.5 Å². The lowest BCUT2D eigenvalue weighted by Gasteiger charge is -2.50. The first-order valence-electron chi connectivity index (χ1n) is 12.8. The summed E-state index contributed by atoms with van der Waals surface area (Å²) in [7, 11) is 1.31. The molecule has 1 heterocycles. The number of hydrogen-bond donors (Lipinski definition) is 2. The summed E-state index contributed by atoms with van der Waals surface area (Å²) in [5.74, 6) is -1.82. The molecule has 0 radical (unpaired) electrons. The van der Waals surface area contributed by atoms with Gasteiger partial charge >= 0.3 is 12.1 Å². The molecule has 1 saturated carbocycles. The van der Waals surface area contributed by atoms with E-state index in [2.05, 4.69) is 10.6 Å². The smallest absolute Gasteiger partial charge is 0.408 e. The number of hydrogen-bond acceptors (Lipinski definition) is 7. The lowest BCUT2D eigenvalue weighted by Crippen LogP contribution is -2.63. The van der Waals surface area contributed by atoms with Crippen LogP contribution >= 0.6 is 0 Å². The monoisotopic (exact) mass is 504 g/mol. The molecular weight excluding hydrogens is 464 g/mol. The molecule has 1 saturated heterocycles. The summed E-state index contributed by atoms with van der Waals surface area (Å²) in [5.41, 5.74) is 0.313. The van der Waals surface area contributed by atoms with Crippen molar-refractivity contribution in [1.29, 1.82) is 0 Å². The molecule has 36 heavy (non-hydrogen) atoms. The molecule has 2 fully saturated rings. The second-order valence-corrected chi connectivity index (χ2v) is 10.5. The van der Waals surface area contributed by atoms with Gasteiger partial charge in [0.1, 0.15) is 11.6 Å². The molecule has 0 bridgehead atoms. The predicted octanol–water partition coefficient (Wildman–Crippen LogP) is 3.49. The van der Waals surface area contributed by atoms with Gasteiger partial charge in [0.05, 0.1) is 26.4 Å². The van der Waals surface area contributed by atoms with Crippen molar-refractivity contribution in [3.63, 3.8) is 0 Å². The van der Waals surface area contributed by atoms with Crippen molar-refractivity contribution in [2.45, 2.75) is 89.2 Å². The van der Waals surface area contributed by atoms with Crippen molar-refractivity contribution in [1.82, 2.24) is 10.6 Å². The first kappa shape index (κ1) is 27.9. The maximum absolute atomic E-state index is 12.9. The third-order valence-corrected chi connectivity index (χ3v) is 6.56. The first-order valence-corrected chi connectivity index (χ1v) is 12.8. The Morgan fingerprint density at radius 1 is 1.08 bits per heavy atom. The van der Waals surface area contributed by atoms with Crippen LogP contribution in [0.5, 0.6) is 0 Å². The van der Waals surface area contributed by atoms with Gasteiger partial charge in [-0.25, -0.2) is 9.59 Å². The van der Waals surface area contributed by atoms with Crippen LogP contribution in [0.4, 0.5) is 4.79 Å². The van der Waals surface area contributed by atoms with E-state index in [1.807, 2.05) is 51.1 Å². The Labute approximate surface area is 213 Å². The minimum atomic E-state index is -1.00. The standard InChI is InChI=1S/C27H40N2O7/c1-26(2,3)36-25(32)29-22-13-8-12-20(27(22)34-16-9-17-35-27)14-15-23(30)28-21(24(31)33-4)18-19-10-6-5-7-11-19/h5-7,10-11,20-22H,8-9,12-18H2,1-4H3,(H,28,30)(H,29,32)/t20-,21+,22-/m1/s1. The molecule has 3 atom stereocenters. The summed E-state index contributed by atoms with van der Waals surface area (Å²) in [5, 5.41) is 5.79. The summed E-state index contributed by atoms with van der Waals surface area (Å²) in [4.78, 5) is 37.8. The quantitative estimate of drug-likeness (QED) is 0.521. The number of alkyl carbamates (subject to hydrolysis) is 1. The SMILES string of the molecule is COC(=O)[C@H](Cc1ccccc1)NC(=O)CC[C@H]1CCC[C@@H](NC(=O)OC(C)(C)C)C12OCCCO2. The highest BCUT2D eigenvalue weighted by molar-refractivity contribution is 5.84. The van der Waals surface area contributed by atoms with E-state index in [4.69, 9.17) is 18.9 Å². The Kier molecular flexibility index (Phi) is 9.73. The van der Waals surface area contributed by atoms with Gasteiger partial charge in [0.2, 0.25) is 5.91 Å². The van der Waals surface area contributed by atoms with Gasteiger partial charge in [-0.3, -0.25) is 4.79 Å². The molecule has 1 aromatic rings. The largest absolute Gasteiger partial charge is 0.467 e. The second-order valence-electron chi connectivity index (χ2n) is 10.5. The number of amides is 2. The van der Waals surface area contributed by atoms with E-state index in [1.165, 1.54) is 7.11 Å². The topological polar surface area (TPSA) is 112 Å². The van der Waals surface area contributed by atoms with Crippen molar-refractivity contribution < 1.29 is 33.3 Å². The van der Waals surface area contributed by atoms with E-state index in [9.17, 15) is 14.4 Å². The van der Waals surface area contributed by atoms with E-state index in [1.54, 1.807) is 0 Å². The molecule has 1 aromatic carbocycles. The fraction of sp³-hybridized carbons (Fsp3) is 0.667. The molecule has 3 rings (SSSR count). The molecule has 2 amide bonds. The second kappa shape index (κ2) is 12.5. The molecule has 2 N–H and O–H groups in total. The van der Waals surface area contributed by atoms with Crippen molar-refractivity contribution in [3.05, 3.63) is 35.9 Å². The fourth-order valence-corrected chi connectivity index (χ4v) is 4.98. The van der Waals surface area contributed by atoms with Crippen LogP contribution in [0, 0.1) is 5.92 Å². The van der Waals surface area contributed by atoms with E-state index in [-0.39, 0.29) is 24.3 Å². The summed E-state index contributed by atoms with van der Waals surface area (Å²) in [6.45, 7) is 6.50. The average molecular weight is 505 g/mol. The van der Waals surface area contributed by atoms with Gasteiger partial charge in [-0.1, -0.05) is 36.8 Å². The van der Waals surface area contributed by atoms with Crippen molar-refractivity contribution in [2.75, 3.05) is 20.3 Å². The third kappa shape index (κ3) is 7.67. The molecule has 2 aliphatic rings.